The molecule has 0 unspecified atom stereocenters. The van der Waals surface area contributed by atoms with Crippen molar-refractivity contribution < 1.29 is 14.7 Å². The number of hydrogen-bond donors (Lipinski definition) is 2. The Morgan fingerprint density at radius 3 is 2.42 bits per heavy atom. The minimum Gasteiger partial charge on any atom is -0.479 e. The number of aliphatic carboxylic acids is 1. The van der Waals surface area contributed by atoms with Crippen molar-refractivity contribution in [2.24, 2.45) is 0 Å². The normalized spacial score (nSPS) is 11.5. The van der Waals surface area contributed by atoms with Crippen LogP contribution in [-0.4, -0.2) is 35.6 Å². The summed E-state index contributed by atoms with van der Waals surface area (Å²) in [5, 5.41) is 11.7. The van der Waals surface area contributed by atoms with Crippen molar-refractivity contribution >= 4 is 12.0 Å². The Balaban J connectivity index is 2.78. The van der Waals surface area contributed by atoms with Crippen LogP contribution in [0.3, 0.4) is 0 Å². The molecule has 0 fully saturated rings. The molecule has 1 rings (SSSR count). The Morgan fingerprint density at radius 2 is 1.95 bits per heavy atom. The van der Waals surface area contributed by atoms with Gasteiger partial charge in [0.1, 0.15) is 0 Å². The Bertz CT molecular complexity index is 471. The topological polar surface area (TPSA) is 69.6 Å². The van der Waals surface area contributed by atoms with E-state index in [0.717, 1.165) is 5.57 Å². The van der Waals surface area contributed by atoms with Gasteiger partial charge in [0.15, 0.2) is 6.04 Å². The average Bonchev–Trinajstić information content (AvgIpc) is 2.35. The molecule has 102 valence electrons. The van der Waals surface area contributed by atoms with Crippen LogP contribution in [0.2, 0.25) is 0 Å². The van der Waals surface area contributed by atoms with Crippen molar-refractivity contribution in [3.63, 3.8) is 0 Å². The van der Waals surface area contributed by atoms with E-state index in [0.29, 0.717) is 12.1 Å². The van der Waals surface area contributed by atoms with Crippen molar-refractivity contribution in [2.75, 3.05) is 13.6 Å². The summed E-state index contributed by atoms with van der Waals surface area (Å²) < 4.78 is 0. The number of hydrogen-bond acceptors (Lipinski definition) is 2. The van der Waals surface area contributed by atoms with E-state index in [1.165, 1.54) is 4.90 Å². The lowest BCUT2D eigenvalue weighted by atomic mass is 10.1. The largest absolute Gasteiger partial charge is 0.479 e. The lowest BCUT2D eigenvalue weighted by Gasteiger charge is -2.21. The molecule has 0 saturated heterocycles. The molecule has 19 heavy (non-hydrogen) atoms. The lowest BCUT2D eigenvalue weighted by molar-refractivity contribution is -0.139. The van der Waals surface area contributed by atoms with Gasteiger partial charge in [0.05, 0.1) is 0 Å². The van der Waals surface area contributed by atoms with Crippen molar-refractivity contribution in [2.45, 2.75) is 13.0 Å². The second kappa shape index (κ2) is 6.58. The van der Waals surface area contributed by atoms with E-state index < -0.39 is 18.0 Å². The van der Waals surface area contributed by atoms with Gasteiger partial charge in [-0.25, -0.2) is 9.59 Å². The molecule has 0 saturated carbocycles. The molecule has 1 atom stereocenters. The minimum atomic E-state index is -1.09. The van der Waals surface area contributed by atoms with Gasteiger partial charge in [-0.15, -0.1) is 0 Å². The van der Waals surface area contributed by atoms with Crippen LogP contribution in [0.25, 0.3) is 0 Å². The van der Waals surface area contributed by atoms with E-state index in [4.69, 9.17) is 0 Å². The maximum absolute atomic E-state index is 11.9. The highest BCUT2D eigenvalue weighted by Crippen LogP contribution is 2.13. The van der Waals surface area contributed by atoms with Gasteiger partial charge in [0.25, 0.3) is 0 Å². The third-order valence-corrected chi connectivity index (χ3v) is 2.50. The summed E-state index contributed by atoms with van der Waals surface area (Å²) in [6.07, 6.45) is 0. The minimum absolute atomic E-state index is 0.382. The highest BCUT2D eigenvalue weighted by Gasteiger charge is 2.23. The van der Waals surface area contributed by atoms with Crippen molar-refractivity contribution in [3.05, 3.63) is 48.0 Å². The number of carbonyl (C=O) groups excluding carboxylic acids is 1. The number of amides is 2. The summed E-state index contributed by atoms with van der Waals surface area (Å²) in [7, 11) is 1.59. The number of carboxylic acid groups (broad SMARTS) is 1. The fraction of sp³-hybridized carbons (Fsp3) is 0.286. The van der Waals surface area contributed by atoms with Crippen LogP contribution in [0.15, 0.2) is 42.5 Å². The molecule has 0 aliphatic carbocycles. The predicted molar refractivity (Wildman–Crippen MR) is 72.8 cm³/mol. The fourth-order valence-corrected chi connectivity index (χ4v) is 1.64. The van der Waals surface area contributed by atoms with Crippen LogP contribution in [0.1, 0.15) is 18.5 Å². The molecule has 0 aromatic heterocycles. The summed E-state index contributed by atoms with van der Waals surface area (Å²) in [6.45, 7) is 5.90. The van der Waals surface area contributed by atoms with Crippen molar-refractivity contribution in [1.29, 1.82) is 0 Å². The van der Waals surface area contributed by atoms with Crippen LogP contribution in [0, 0.1) is 0 Å². The van der Waals surface area contributed by atoms with Gasteiger partial charge in [-0.3, -0.25) is 0 Å². The second-order valence-electron chi connectivity index (χ2n) is 4.44. The van der Waals surface area contributed by atoms with Gasteiger partial charge in [0.2, 0.25) is 0 Å². The third-order valence-electron chi connectivity index (χ3n) is 2.50. The van der Waals surface area contributed by atoms with Gasteiger partial charge >= 0.3 is 12.0 Å². The van der Waals surface area contributed by atoms with E-state index in [1.807, 2.05) is 0 Å². The smallest absolute Gasteiger partial charge is 0.330 e. The van der Waals surface area contributed by atoms with Crippen LogP contribution in [0.4, 0.5) is 4.79 Å². The molecule has 0 aliphatic rings. The number of nitrogens with one attached hydrogen (secondary N) is 1. The summed E-state index contributed by atoms with van der Waals surface area (Å²) in [6, 6.07) is 7.08. The van der Waals surface area contributed by atoms with E-state index in [2.05, 4.69) is 11.9 Å². The molecule has 1 aromatic rings. The molecule has 1 aromatic carbocycles. The molecule has 0 spiro atoms. The van der Waals surface area contributed by atoms with Gasteiger partial charge in [-0.2, -0.15) is 0 Å². The maximum atomic E-state index is 11.9. The Kier molecular flexibility index (Phi) is 5.11. The van der Waals surface area contributed by atoms with Gasteiger partial charge in [0, 0.05) is 13.6 Å². The zero-order chi connectivity index (χ0) is 14.4. The zero-order valence-corrected chi connectivity index (χ0v) is 11.1. The predicted octanol–water partition coefficient (Wildman–Crippen LogP) is 2.03. The molecule has 5 heteroatoms. The van der Waals surface area contributed by atoms with E-state index in [1.54, 1.807) is 44.3 Å². The van der Waals surface area contributed by atoms with Gasteiger partial charge in [-0.1, -0.05) is 42.5 Å². The number of urea groups is 1. The van der Waals surface area contributed by atoms with Crippen LogP contribution in [0.5, 0.6) is 0 Å². The second-order valence-corrected chi connectivity index (χ2v) is 4.44. The first-order valence-electron chi connectivity index (χ1n) is 5.85. The first kappa shape index (κ1) is 14.8. The Morgan fingerprint density at radius 1 is 1.37 bits per heavy atom. The summed E-state index contributed by atoms with van der Waals surface area (Å²) in [5.41, 5.74) is 1.36. The third kappa shape index (κ3) is 4.46. The molecule has 5 nitrogen and oxygen atoms in total. The van der Waals surface area contributed by atoms with Crippen LogP contribution >= 0.6 is 0 Å². The number of benzene rings is 1. The van der Waals surface area contributed by atoms with Crippen LogP contribution in [-0.2, 0) is 4.79 Å². The molecule has 0 aliphatic heterocycles. The van der Waals surface area contributed by atoms with Crippen molar-refractivity contribution in [3.8, 4) is 0 Å². The zero-order valence-electron chi connectivity index (χ0n) is 11.1. The highest BCUT2D eigenvalue weighted by molar-refractivity contribution is 5.83. The molecular weight excluding hydrogens is 244 g/mol. The van der Waals surface area contributed by atoms with E-state index >= 15 is 0 Å². The number of likely N-dealkylation sites (N-methyl/N-ethyl adjacent to an activating group) is 1. The molecule has 0 bridgehead atoms. The van der Waals surface area contributed by atoms with Gasteiger partial charge < -0.3 is 15.3 Å². The monoisotopic (exact) mass is 262 g/mol. The standard InChI is InChI=1S/C14H18N2O3/c1-10(2)9-16(3)14(19)15-12(13(17)18)11-7-5-4-6-8-11/h4-8,12H,1,9H2,2-3H3,(H,15,19)(H,17,18)/t12-/m1/s1. The first-order chi connectivity index (χ1) is 8.91. The fourth-order valence-electron chi connectivity index (χ4n) is 1.64. The summed E-state index contributed by atoms with van der Waals surface area (Å²) in [5.74, 6) is -1.09. The summed E-state index contributed by atoms with van der Waals surface area (Å²) >= 11 is 0. The SMILES string of the molecule is C=C(C)CN(C)C(=O)N[C@@H](C(=O)O)c1ccccc1. The molecule has 2 N–H and O–H groups in total. The number of nitrogens with zero attached hydrogens (tertiary/aromatic N) is 1. The number of rotatable bonds is 5. The molecule has 2 amide bonds. The average molecular weight is 262 g/mol. The Labute approximate surface area is 112 Å². The first-order valence-corrected chi connectivity index (χ1v) is 5.85. The van der Waals surface area contributed by atoms with E-state index in [9.17, 15) is 14.7 Å². The quantitative estimate of drug-likeness (QED) is 0.798. The highest BCUT2D eigenvalue weighted by atomic mass is 16.4. The Hall–Kier alpha value is -2.30. The summed E-state index contributed by atoms with van der Waals surface area (Å²) in [4.78, 5) is 24.5. The number of carboxylic acids is 1. The van der Waals surface area contributed by atoms with Gasteiger partial charge in [-0.05, 0) is 12.5 Å². The maximum Gasteiger partial charge on any atom is 0.330 e. The lowest BCUT2D eigenvalue weighted by Crippen LogP contribution is -2.42. The molecule has 0 heterocycles. The van der Waals surface area contributed by atoms with Crippen LogP contribution < -0.4 is 5.32 Å². The van der Waals surface area contributed by atoms with E-state index in [-0.39, 0.29) is 0 Å². The molecular formula is C14H18N2O3. The van der Waals surface area contributed by atoms with Crippen molar-refractivity contribution in [1.82, 2.24) is 10.2 Å². The number of carbonyl (C=O) groups is 2. The molecule has 0 radical (unpaired) electrons.